The van der Waals surface area contributed by atoms with E-state index in [1.165, 1.54) is 6.07 Å². The number of nitro benzene ring substituents is 1. The maximum atomic E-state index is 12.0. The Labute approximate surface area is 161 Å². The quantitative estimate of drug-likeness (QED) is 0.374. The van der Waals surface area contributed by atoms with Crippen LogP contribution in [0.25, 0.3) is 0 Å². The van der Waals surface area contributed by atoms with Gasteiger partial charge in [-0.3, -0.25) is 14.9 Å². The van der Waals surface area contributed by atoms with Crippen molar-refractivity contribution < 1.29 is 14.5 Å². The molecule has 0 aliphatic heterocycles. The number of halogens is 2. The average molecular weight is 397 g/mol. The van der Waals surface area contributed by atoms with Gasteiger partial charge in [-0.15, -0.1) is 0 Å². The fourth-order valence-corrected chi connectivity index (χ4v) is 2.74. The summed E-state index contributed by atoms with van der Waals surface area (Å²) in [7, 11) is 0. The molecule has 2 aromatic carbocycles. The Kier molecular flexibility index (Phi) is 7.24. The molecule has 0 aromatic heterocycles. The number of carbonyl (C=O) groups excluding carboxylic acids is 1. The SMILES string of the molecule is CCc1ccc(NC(=O)CCCOc2ccc(Cl)cc2Cl)c([N+](=O)[O-])c1. The standard InChI is InChI=1S/C18H18Cl2N2O4/c1-2-12-5-7-15(16(10-12)22(24)25)21-18(23)4-3-9-26-17-8-6-13(19)11-14(17)20/h5-8,10-11H,2-4,9H2,1H3,(H,21,23). The van der Waals surface area contributed by atoms with E-state index in [4.69, 9.17) is 27.9 Å². The van der Waals surface area contributed by atoms with Crippen molar-refractivity contribution in [2.75, 3.05) is 11.9 Å². The van der Waals surface area contributed by atoms with Crippen LogP contribution >= 0.6 is 23.2 Å². The van der Waals surface area contributed by atoms with Crippen molar-refractivity contribution in [3.8, 4) is 5.75 Å². The van der Waals surface area contributed by atoms with Crippen molar-refractivity contribution in [1.29, 1.82) is 0 Å². The molecule has 2 aromatic rings. The molecular weight excluding hydrogens is 379 g/mol. The second kappa shape index (κ2) is 9.40. The second-order valence-electron chi connectivity index (χ2n) is 5.54. The lowest BCUT2D eigenvalue weighted by Gasteiger charge is -2.09. The molecule has 1 amide bonds. The molecule has 0 atom stereocenters. The van der Waals surface area contributed by atoms with E-state index in [1.807, 2.05) is 6.92 Å². The maximum Gasteiger partial charge on any atom is 0.293 e. The Morgan fingerprint density at radius 1 is 1.23 bits per heavy atom. The van der Waals surface area contributed by atoms with E-state index < -0.39 is 4.92 Å². The third-order valence-electron chi connectivity index (χ3n) is 3.64. The normalized spacial score (nSPS) is 10.4. The number of carbonyl (C=O) groups is 1. The number of benzene rings is 2. The van der Waals surface area contributed by atoms with Crippen molar-refractivity contribution in [2.45, 2.75) is 26.2 Å². The first-order chi connectivity index (χ1) is 12.4. The first kappa shape index (κ1) is 20.0. The number of rotatable bonds is 8. The Morgan fingerprint density at radius 2 is 2.00 bits per heavy atom. The summed E-state index contributed by atoms with van der Waals surface area (Å²) in [6.07, 6.45) is 1.28. The Morgan fingerprint density at radius 3 is 2.65 bits per heavy atom. The average Bonchev–Trinajstić information content (AvgIpc) is 2.60. The van der Waals surface area contributed by atoms with Crippen LogP contribution in [0, 0.1) is 10.1 Å². The molecule has 0 saturated heterocycles. The minimum Gasteiger partial charge on any atom is -0.492 e. The van der Waals surface area contributed by atoms with Crippen LogP contribution in [0.2, 0.25) is 10.0 Å². The summed E-state index contributed by atoms with van der Waals surface area (Å²) >= 11 is 11.8. The van der Waals surface area contributed by atoms with Gasteiger partial charge < -0.3 is 10.1 Å². The molecule has 6 nitrogen and oxygen atoms in total. The number of anilines is 1. The van der Waals surface area contributed by atoms with Gasteiger partial charge in [0, 0.05) is 17.5 Å². The maximum absolute atomic E-state index is 12.0. The predicted octanol–water partition coefficient (Wildman–Crippen LogP) is 5.26. The highest BCUT2D eigenvalue weighted by atomic mass is 35.5. The fraction of sp³-hybridized carbons (Fsp3) is 0.278. The largest absolute Gasteiger partial charge is 0.492 e. The Hall–Kier alpha value is -2.31. The first-order valence-electron chi connectivity index (χ1n) is 8.05. The zero-order valence-corrected chi connectivity index (χ0v) is 15.6. The number of aryl methyl sites for hydroxylation is 1. The van der Waals surface area contributed by atoms with Gasteiger partial charge in [-0.05, 0) is 42.7 Å². The number of amides is 1. The number of nitro groups is 1. The van der Waals surface area contributed by atoms with Crippen LogP contribution in [0.4, 0.5) is 11.4 Å². The summed E-state index contributed by atoms with van der Waals surface area (Å²) in [6, 6.07) is 9.68. The molecular formula is C18H18Cl2N2O4. The number of nitrogens with one attached hydrogen (secondary N) is 1. The number of nitrogens with zero attached hydrogens (tertiary/aromatic N) is 1. The minimum atomic E-state index is -0.500. The van der Waals surface area contributed by atoms with E-state index in [9.17, 15) is 14.9 Å². The van der Waals surface area contributed by atoms with Gasteiger partial charge in [0.25, 0.3) is 5.69 Å². The lowest BCUT2D eigenvalue weighted by molar-refractivity contribution is -0.384. The van der Waals surface area contributed by atoms with Crippen molar-refractivity contribution in [1.82, 2.24) is 0 Å². The topological polar surface area (TPSA) is 81.5 Å². The number of ether oxygens (including phenoxy) is 1. The van der Waals surface area contributed by atoms with Gasteiger partial charge in [0.2, 0.25) is 5.91 Å². The number of hydrogen-bond donors (Lipinski definition) is 1. The second-order valence-corrected chi connectivity index (χ2v) is 6.38. The molecule has 0 radical (unpaired) electrons. The van der Waals surface area contributed by atoms with Gasteiger partial charge in [-0.25, -0.2) is 0 Å². The van der Waals surface area contributed by atoms with Crippen molar-refractivity contribution >= 4 is 40.5 Å². The highest BCUT2D eigenvalue weighted by Crippen LogP contribution is 2.28. The van der Waals surface area contributed by atoms with Crippen LogP contribution in [-0.2, 0) is 11.2 Å². The van der Waals surface area contributed by atoms with Crippen molar-refractivity contribution in [3.63, 3.8) is 0 Å². The van der Waals surface area contributed by atoms with E-state index in [-0.39, 0.29) is 30.3 Å². The summed E-state index contributed by atoms with van der Waals surface area (Å²) < 4.78 is 5.51. The van der Waals surface area contributed by atoms with Gasteiger partial charge in [0.15, 0.2) is 0 Å². The van der Waals surface area contributed by atoms with E-state index in [0.717, 1.165) is 5.56 Å². The Balaban J connectivity index is 1.86. The van der Waals surface area contributed by atoms with Crippen LogP contribution < -0.4 is 10.1 Å². The molecule has 0 unspecified atom stereocenters. The van der Waals surface area contributed by atoms with E-state index in [0.29, 0.717) is 28.6 Å². The lowest BCUT2D eigenvalue weighted by Crippen LogP contribution is -2.14. The molecule has 26 heavy (non-hydrogen) atoms. The molecule has 0 fully saturated rings. The van der Waals surface area contributed by atoms with Crippen LogP contribution in [0.3, 0.4) is 0 Å². The van der Waals surface area contributed by atoms with Crippen LogP contribution in [0.1, 0.15) is 25.3 Å². The monoisotopic (exact) mass is 396 g/mol. The molecule has 2 rings (SSSR count). The smallest absolute Gasteiger partial charge is 0.293 e. The van der Waals surface area contributed by atoms with Gasteiger partial charge in [0.05, 0.1) is 16.6 Å². The summed E-state index contributed by atoms with van der Waals surface area (Å²) in [5, 5.41) is 14.6. The van der Waals surface area contributed by atoms with E-state index >= 15 is 0 Å². The third-order valence-corrected chi connectivity index (χ3v) is 4.17. The lowest BCUT2D eigenvalue weighted by atomic mass is 10.1. The van der Waals surface area contributed by atoms with Gasteiger partial charge in [-0.1, -0.05) is 36.2 Å². The summed E-state index contributed by atoms with van der Waals surface area (Å²) in [6.45, 7) is 2.19. The highest BCUT2D eigenvalue weighted by molar-refractivity contribution is 6.35. The minimum absolute atomic E-state index is 0.109. The van der Waals surface area contributed by atoms with Gasteiger partial charge in [-0.2, -0.15) is 0 Å². The fourth-order valence-electron chi connectivity index (χ4n) is 2.27. The zero-order valence-electron chi connectivity index (χ0n) is 14.1. The molecule has 0 bridgehead atoms. The summed E-state index contributed by atoms with van der Waals surface area (Å²) in [5.41, 5.74) is 0.920. The third kappa shape index (κ3) is 5.61. The van der Waals surface area contributed by atoms with Crippen molar-refractivity contribution in [3.05, 3.63) is 62.1 Å². The molecule has 1 N–H and O–H groups in total. The summed E-state index contributed by atoms with van der Waals surface area (Å²) in [5.74, 6) is 0.172. The number of hydrogen-bond acceptors (Lipinski definition) is 4. The summed E-state index contributed by atoms with van der Waals surface area (Å²) in [4.78, 5) is 22.7. The molecule has 0 saturated carbocycles. The Bertz CT molecular complexity index is 812. The molecule has 0 aliphatic rings. The first-order valence-corrected chi connectivity index (χ1v) is 8.81. The molecule has 8 heteroatoms. The molecule has 138 valence electrons. The van der Waals surface area contributed by atoms with Crippen LogP contribution in [-0.4, -0.2) is 17.4 Å². The van der Waals surface area contributed by atoms with Crippen LogP contribution in [0.15, 0.2) is 36.4 Å². The van der Waals surface area contributed by atoms with E-state index in [2.05, 4.69) is 5.32 Å². The molecule has 0 heterocycles. The van der Waals surface area contributed by atoms with Crippen molar-refractivity contribution in [2.24, 2.45) is 0 Å². The van der Waals surface area contributed by atoms with Gasteiger partial charge >= 0.3 is 0 Å². The van der Waals surface area contributed by atoms with E-state index in [1.54, 1.807) is 30.3 Å². The van der Waals surface area contributed by atoms with Gasteiger partial charge in [0.1, 0.15) is 11.4 Å². The zero-order chi connectivity index (χ0) is 19.1. The highest BCUT2D eigenvalue weighted by Gasteiger charge is 2.16. The predicted molar refractivity (Wildman–Crippen MR) is 102 cm³/mol. The molecule has 0 aliphatic carbocycles. The molecule has 0 spiro atoms. The van der Waals surface area contributed by atoms with Crippen LogP contribution in [0.5, 0.6) is 5.75 Å².